The first-order valence-corrected chi connectivity index (χ1v) is 5.54. The molecule has 0 radical (unpaired) electrons. The molecule has 0 aromatic heterocycles. The maximum absolute atomic E-state index is 13.0. The molecule has 0 bridgehead atoms. The summed E-state index contributed by atoms with van der Waals surface area (Å²) >= 11 is 3.24. The molecular formula is C12H14BrFO. The van der Waals surface area contributed by atoms with E-state index in [0.29, 0.717) is 13.2 Å². The highest BCUT2D eigenvalue weighted by atomic mass is 79.9. The third-order valence-corrected chi connectivity index (χ3v) is 2.32. The minimum Gasteiger partial charge on any atom is -0.376 e. The maximum Gasteiger partial charge on any atom is 0.124 e. The van der Waals surface area contributed by atoms with Crippen molar-refractivity contribution in [2.24, 2.45) is 0 Å². The van der Waals surface area contributed by atoms with Crippen molar-refractivity contribution in [3.05, 3.63) is 46.2 Å². The highest BCUT2D eigenvalue weighted by molar-refractivity contribution is 9.10. The van der Waals surface area contributed by atoms with E-state index in [1.165, 1.54) is 12.1 Å². The molecule has 1 rings (SSSR count). The quantitative estimate of drug-likeness (QED) is 0.580. The Morgan fingerprint density at radius 3 is 2.80 bits per heavy atom. The second-order valence-corrected chi connectivity index (χ2v) is 4.45. The summed E-state index contributed by atoms with van der Waals surface area (Å²) in [5, 5.41) is 0. The standard InChI is InChI=1S/C12H14BrFO/c1-9(2)3-4-15-8-10-5-11(13)7-12(14)6-10/h5-7H,1,3-4,8H2,2H3. The van der Waals surface area contributed by atoms with Crippen molar-refractivity contribution < 1.29 is 9.13 Å². The van der Waals surface area contributed by atoms with Crippen molar-refractivity contribution in [1.82, 2.24) is 0 Å². The first-order chi connectivity index (χ1) is 7.08. The van der Waals surface area contributed by atoms with E-state index in [1.54, 1.807) is 0 Å². The van der Waals surface area contributed by atoms with Gasteiger partial charge >= 0.3 is 0 Å². The van der Waals surface area contributed by atoms with Crippen LogP contribution in [-0.2, 0) is 11.3 Å². The second kappa shape index (κ2) is 6.03. The van der Waals surface area contributed by atoms with Crippen molar-refractivity contribution in [1.29, 1.82) is 0 Å². The van der Waals surface area contributed by atoms with Gasteiger partial charge in [-0.2, -0.15) is 0 Å². The van der Waals surface area contributed by atoms with Gasteiger partial charge in [0.2, 0.25) is 0 Å². The van der Waals surface area contributed by atoms with Gasteiger partial charge in [-0.1, -0.05) is 21.5 Å². The van der Waals surface area contributed by atoms with Crippen LogP contribution in [0, 0.1) is 5.82 Å². The normalized spacial score (nSPS) is 10.3. The van der Waals surface area contributed by atoms with Crippen LogP contribution >= 0.6 is 15.9 Å². The lowest BCUT2D eigenvalue weighted by atomic mass is 10.2. The molecule has 1 nitrogen and oxygen atoms in total. The molecule has 0 spiro atoms. The molecule has 0 saturated carbocycles. The molecule has 0 aliphatic carbocycles. The summed E-state index contributed by atoms with van der Waals surface area (Å²) in [4.78, 5) is 0. The average molecular weight is 273 g/mol. The van der Waals surface area contributed by atoms with Crippen molar-refractivity contribution in [2.75, 3.05) is 6.61 Å². The van der Waals surface area contributed by atoms with E-state index in [0.717, 1.165) is 22.0 Å². The van der Waals surface area contributed by atoms with Gasteiger partial charge in [0.15, 0.2) is 0 Å². The fraction of sp³-hybridized carbons (Fsp3) is 0.333. The molecular weight excluding hydrogens is 259 g/mol. The van der Waals surface area contributed by atoms with Gasteiger partial charge in [0.05, 0.1) is 13.2 Å². The molecule has 0 unspecified atom stereocenters. The molecule has 0 fully saturated rings. The van der Waals surface area contributed by atoms with Crippen molar-refractivity contribution in [3.63, 3.8) is 0 Å². The number of halogens is 2. The van der Waals surface area contributed by atoms with Crippen LogP contribution in [0.15, 0.2) is 34.8 Å². The monoisotopic (exact) mass is 272 g/mol. The second-order valence-electron chi connectivity index (χ2n) is 3.54. The van der Waals surface area contributed by atoms with Crippen LogP contribution in [-0.4, -0.2) is 6.61 Å². The number of hydrogen-bond acceptors (Lipinski definition) is 1. The smallest absolute Gasteiger partial charge is 0.124 e. The van der Waals surface area contributed by atoms with E-state index in [9.17, 15) is 4.39 Å². The number of benzene rings is 1. The van der Waals surface area contributed by atoms with Crippen LogP contribution < -0.4 is 0 Å². The van der Waals surface area contributed by atoms with Crippen LogP contribution in [0.25, 0.3) is 0 Å². The minimum absolute atomic E-state index is 0.247. The topological polar surface area (TPSA) is 9.23 Å². The zero-order valence-corrected chi connectivity index (χ0v) is 10.3. The fourth-order valence-electron chi connectivity index (χ4n) is 1.13. The Hall–Kier alpha value is -0.670. The fourth-order valence-corrected chi connectivity index (χ4v) is 1.64. The van der Waals surface area contributed by atoms with Gasteiger partial charge in [-0.05, 0) is 37.1 Å². The largest absolute Gasteiger partial charge is 0.376 e. The van der Waals surface area contributed by atoms with Crippen LogP contribution in [0.3, 0.4) is 0 Å². The van der Waals surface area contributed by atoms with E-state index < -0.39 is 0 Å². The number of rotatable bonds is 5. The molecule has 0 amide bonds. The summed E-state index contributed by atoms with van der Waals surface area (Å²) in [5.41, 5.74) is 1.93. The first-order valence-electron chi connectivity index (χ1n) is 4.75. The van der Waals surface area contributed by atoms with E-state index >= 15 is 0 Å². The molecule has 0 atom stereocenters. The summed E-state index contributed by atoms with van der Waals surface area (Å²) in [7, 11) is 0. The lowest BCUT2D eigenvalue weighted by Crippen LogP contribution is -1.96. The molecule has 0 N–H and O–H groups in total. The van der Waals surface area contributed by atoms with Gasteiger partial charge in [0.25, 0.3) is 0 Å². The van der Waals surface area contributed by atoms with E-state index in [-0.39, 0.29) is 5.82 Å². The molecule has 0 saturated heterocycles. The lowest BCUT2D eigenvalue weighted by molar-refractivity contribution is 0.123. The van der Waals surface area contributed by atoms with E-state index in [1.807, 2.05) is 13.0 Å². The average Bonchev–Trinajstić information content (AvgIpc) is 2.10. The van der Waals surface area contributed by atoms with Gasteiger partial charge in [0.1, 0.15) is 5.82 Å². The van der Waals surface area contributed by atoms with Gasteiger partial charge in [-0.25, -0.2) is 4.39 Å². The Morgan fingerprint density at radius 2 is 2.20 bits per heavy atom. The summed E-state index contributed by atoms with van der Waals surface area (Å²) in [6, 6.07) is 4.76. The Bertz CT molecular complexity index is 329. The molecule has 15 heavy (non-hydrogen) atoms. The first kappa shape index (κ1) is 12.4. The van der Waals surface area contributed by atoms with Gasteiger partial charge in [-0.15, -0.1) is 6.58 Å². The summed E-state index contributed by atoms with van der Waals surface area (Å²) in [6.07, 6.45) is 0.844. The summed E-state index contributed by atoms with van der Waals surface area (Å²) in [5.74, 6) is -0.247. The number of ether oxygens (including phenoxy) is 1. The van der Waals surface area contributed by atoms with Crippen LogP contribution in [0.4, 0.5) is 4.39 Å². The maximum atomic E-state index is 13.0. The van der Waals surface area contributed by atoms with Crippen LogP contribution in [0.1, 0.15) is 18.9 Å². The molecule has 1 aromatic rings. The molecule has 3 heteroatoms. The summed E-state index contributed by atoms with van der Waals surface area (Å²) in [6.45, 7) is 6.80. The number of hydrogen-bond donors (Lipinski definition) is 0. The molecule has 82 valence electrons. The molecule has 0 heterocycles. The van der Waals surface area contributed by atoms with Gasteiger partial charge in [-0.3, -0.25) is 0 Å². The van der Waals surface area contributed by atoms with Crippen LogP contribution in [0.2, 0.25) is 0 Å². The zero-order valence-electron chi connectivity index (χ0n) is 8.72. The van der Waals surface area contributed by atoms with Gasteiger partial charge < -0.3 is 4.74 Å². The molecule has 0 aliphatic heterocycles. The zero-order chi connectivity index (χ0) is 11.3. The highest BCUT2D eigenvalue weighted by Gasteiger charge is 1.99. The Morgan fingerprint density at radius 1 is 1.47 bits per heavy atom. The van der Waals surface area contributed by atoms with Crippen molar-refractivity contribution in [2.45, 2.75) is 20.0 Å². The Balaban J connectivity index is 2.40. The van der Waals surface area contributed by atoms with Crippen molar-refractivity contribution >= 4 is 15.9 Å². The van der Waals surface area contributed by atoms with E-state index in [4.69, 9.17) is 4.74 Å². The Labute approximate surface area is 98.1 Å². The molecule has 1 aromatic carbocycles. The minimum atomic E-state index is -0.247. The third-order valence-electron chi connectivity index (χ3n) is 1.86. The highest BCUT2D eigenvalue weighted by Crippen LogP contribution is 2.15. The lowest BCUT2D eigenvalue weighted by Gasteiger charge is -2.05. The van der Waals surface area contributed by atoms with E-state index in [2.05, 4.69) is 22.5 Å². The summed E-state index contributed by atoms with van der Waals surface area (Å²) < 4.78 is 19.1. The Kier molecular flexibility index (Phi) is 4.99. The van der Waals surface area contributed by atoms with Crippen LogP contribution in [0.5, 0.6) is 0 Å². The van der Waals surface area contributed by atoms with Crippen molar-refractivity contribution in [3.8, 4) is 0 Å². The third kappa shape index (κ3) is 5.09. The van der Waals surface area contributed by atoms with Gasteiger partial charge in [0, 0.05) is 4.47 Å². The SMILES string of the molecule is C=C(C)CCOCc1cc(F)cc(Br)c1. The predicted octanol–water partition coefficient (Wildman–Crippen LogP) is 4.07. The predicted molar refractivity (Wildman–Crippen MR) is 63.2 cm³/mol. The molecule has 0 aliphatic rings.